The highest BCUT2D eigenvalue weighted by Gasteiger charge is 2.27. The van der Waals surface area contributed by atoms with Gasteiger partial charge in [-0.05, 0) is 105 Å². The largest absolute Gasteiger partial charge is 0.376 e. The standard InChI is InChI=1S/C47H53ClN8O8S2/c1-53(2)24-23-37(32-65-38-10-4-3-5-11-38)49-41-21-20-39(30-44(41)56(61)62)66(63,64)52-47(59)34-17-22-43(42(29-34)50-45(57)13-8-14-46(58)51-60)55-27-25-54(26-28-55)31-35-9-6-7-12-40(35)33-15-18-36(48)19-16-33/h3-7,9-12,15-22,29-30,37,49,60H,8,13-14,23-28,31-32H2,1-2H3,(H,50,57)(H,51,58)(H,52,59). The van der Waals surface area contributed by atoms with E-state index in [1.165, 1.54) is 24.3 Å². The topological polar surface area (TPSA) is 207 Å². The summed E-state index contributed by atoms with van der Waals surface area (Å²) in [7, 11) is -0.766. The Morgan fingerprint density at radius 2 is 1.56 bits per heavy atom. The number of carbonyl (C=O) groups is 3. The number of nitro benzene ring substituents is 1. The molecule has 1 unspecified atom stereocenters. The van der Waals surface area contributed by atoms with Gasteiger partial charge in [0.1, 0.15) is 5.69 Å². The van der Waals surface area contributed by atoms with Crippen LogP contribution in [-0.4, -0.2) is 105 Å². The molecule has 16 nitrogen and oxygen atoms in total. The van der Waals surface area contributed by atoms with Gasteiger partial charge in [-0.15, -0.1) is 11.8 Å². The molecule has 5 aromatic carbocycles. The quantitative estimate of drug-likeness (QED) is 0.0209. The molecular formula is C47H53ClN8O8S2. The zero-order chi connectivity index (χ0) is 47.2. The van der Waals surface area contributed by atoms with Gasteiger partial charge >= 0.3 is 0 Å². The molecule has 0 spiro atoms. The Bertz CT molecular complexity index is 2600. The maximum absolute atomic E-state index is 13.7. The number of sulfonamides is 1. The van der Waals surface area contributed by atoms with Gasteiger partial charge in [0.05, 0.1) is 21.2 Å². The van der Waals surface area contributed by atoms with E-state index in [9.17, 15) is 32.9 Å². The molecule has 1 atom stereocenters. The Labute approximate surface area is 393 Å². The van der Waals surface area contributed by atoms with Crippen LogP contribution in [0.5, 0.6) is 0 Å². The number of piperazine rings is 1. The lowest BCUT2D eigenvalue weighted by molar-refractivity contribution is -0.384. The van der Waals surface area contributed by atoms with Crippen LogP contribution in [0.2, 0.25) is 5.02 Å². The van der Waals surface area contributed by atoms with E-state index in [-0.39, 0.29) is 42.2 Å². The molecule has 6 rings (SSSR count). The molecule has 1 aliphatic rings. The van der Waals surface area contributed by atoms with Gasteiger partial charge in [-0.1, -0.05) is 66.2 Å². The fraction of sp³-hybridized carbons (Fsp3) is 0.298. The fourth-order valence-electron chi connectivity index (χ4n) is 7.42. The number of nitrogens with one attached hydrogen (secondary N) is 4. The average Bonchev–Trinajstić information content (AvgIpc) is 3.30. The summed E-state index contributed by atoms with van der Waals surface area (Å²) in [6, 6.07) is 33.4. The summed E-state index contributed by atoms with van der Waals surface area (Å²) in [4.78, 5) is 57.1. The minimum Gasteiger partial charge on any atom is -0.376 e. The molecule has 0 bridgehead atoms. The lowest BCUT2D eigenvalue weighted by Gasteiger charge is -2.37. The number of nitrogens with zero attached hydrogens (tertiary/aromatic N) is 4. The third-order valence-electron chi connectivity index (χ3n) is 10.9. The van der Waals surface area contributed by atoms with Crippen molar-refractivity contribution in [3.8, 4) is 11.1 Å². The molecular weight excluding hydrogens is 904 g/mol. The van der Waals surface area contributed by atoms with Gasteiger partial charge in [0, 0.05) is 78.9 Å². The van der Waals surface area contributed by atoms with E-state index in [1.807, 2.05) is 90.4 Å². The highest BCUT2D eigenvalue weighted by Crippen LogP contribution is 2.33. The second-order valence-corrected chi connectivity index (χ2v) is 19.2. The van der Waals surface area contributed by atoms with Crippen LogP contribution in [-0.2, 0) is 26.2 Å². The molecule has 0 aromatic heterocycles. The average molecular weight is 958 g/mol. The minimum atomic E-state index is -4.63. The number of anilines is 3. The van der Waals surface area contributed by atoms with Gasteiger partial charge < -0.3 is 20.4 Å². The van der Waals surface area contributed by atoms with Crippen molar-refractivity contribution in [3.63, 3.8) is 0 Å². The van der Waals surface area contributed by atoms with Crippen LogP contribution in [0.4, 0.5) is 22.7 Å². The number of halogens is 1. The third kappa shape index (κ3) is 14.0. The summed E-state index contributed by atoms with van der Waals surface area (Å²) in [6.45, 7) is 3.86. The summed E-state index contributed by atoms with van der Waals surface area (Å²) in [5.74, 6) is -1.54. The number of nitro groups is 1. The van der Waals surface area contributed by atoms with E-state index in [2.05, 4.69) is 32.6 Å². The number of rotatable bonds is 21. The molecule has 5 N–H and O–H groups in total. The summed E-state index contributed by atoms with van der Waals surface area (Å²) in [5.41, 5.74) is 5.28. The van der Waals surface area contributed by atoms with E-state index in [4.69, 9.17) is 16.8 Å². The zero-order valence-electron chi connectivity index (χ0n) is 36.6. The molecule has 1 aliphatic heterocycles. The summed E-state index contributed by atoms with van der Waals surface area (Å²) < 4.78 is 29.4. The highest BCUT2D eigenvalue weighted by atomic mass is 35.5. The molecule has 1 saturated heterocycles. The molecule has 0 saturated carbocycles. The van der Waals surface area contributed by atoms with Gasteiger partial charge in [0.2, 0.25) is 11.8 Å². The molecule has 1 fully saturated rings. The molecule has 19 heteroatoms. The van der Waals surface area contributed by atoms with Gasteiger partial charge in [-0.2, -0.15) is 0 Å². The number of hydroxylamine groups is 1. The first-order valence-corrected chi connectivity index (χ1v) is 24.2. The SMILES string of the molecule is CN(C)CCC(CSc1ccccc1)Nc1ccc(S(=O)(=O)NC(=O)c2ccc(N3CCN(Cc4ccccc4-c4ccc(Cl)cc4)CC3)c(NC(=O)CCCC(=O)NO)c2)cc1[N+](=O)[O-]. The first kappa shape index (κ1) is 49.4. The second-order valence-electron chi connectivity index (χ2n) is 16.0. The number of hydrogen-bond acceptors (Lipinski definition) is 13. The van der Waals surface area contributed by atoms with Crippen LogP contribution >= 0.6 is 23.4 Å². The van der Waals surface area contributed by atoms with Crippen molar-refractivity contribution in [1.29, 1.82) is 0 Å². The molecule has 348 valence electrons. The van der Waals surface area contributed by atoms with Crippen molar-refractivity contribution in [3.05, 3.63) is 142 Å². The predicted molar refractivity (Wildman–Crippen MR) is 259 cm³/mol. The zero-order valence-corrected chi connectivity index (χ0v) is 39.0. The van der Waals surface area contributed by atoms with Gasteiger partial charge in [0.25, 0.3) is 21.6 Å². The number of carbonyl (C=O) groups excluding carboxylic acids is 3. The van der Waals surface area contributed by atoms with Crippen molar-refractivity contribution >= 4 is 73.9 Å². The first-order chi connectivity index (χ1) is 31.7. The maximum atomic E-state index is 13.7. The first-order valence-electron chi connectivity index (χ1n) is 21.3. The molecule has 1 heterocycles. The van der Waals surface area contributed by atoms with E-state index in [1.54, 1.807) is 23.3 Å². The van der Waals surface area contributed by atoms with E-state index < -0.39 is 43.3 Å². The van der Waals surface area contributed by atoms with E-state index in [0.29, 0.717) is 62.2 Å². The molecule has 0 aliphatic carbocycles. The fourth-order valence-corrected chi connectivity index (χ4v) is 9.54. The predicted octanol–water partition coefficient (Wildman–Crippen LogP) is 7.49. The summed E-state index contributed by atoms with van der Waals surface area (Å²) in [5, 5.41) is 28.0. The summed E-state index contributed by atoms with van der Waals surface area (Å²) >= 11 is 7.74. The van der Waals surface area contributed by atoms with Crippen LogP contribution in [0.25, 0.3) is 11.1 Å². The maximum Gasteiger partial charge on any atom is 0.293 e. The Balaban J connectivity index is 1.17. The van der Waals surface area contributed by atoms with Crippen LogP contribution < -0.4 is 25.7 Å². The molecule has 5 aromatic rings. The van der Waals surface area contributed by atoms with Crippen LogP contribution in [0.3, 0.4) is 0 Å². The van der Waals surface area contributed by atoms with E-state index >= 15 is 0 Å². The second kappa shape index (κ2) is 23.4. The Kier molecular flexibility index (Phi) is 17.5. The number of thioether (sulfide) groups is 1. The lowest BCUT2D eigenvalue weighted by atomic mass is 9.99. The smallest absolute Gasteiger partial charge is 0.293 e. The van der Waals surface area contributed by atoms with Crippen molar-refractivity contribution in [2.24, 2.45) is 0 Å². The lowest BCUT2D eigenvalue weighted by Crippen LogP contribution is -2.46. The summed E-state index contributed by atoms with van der Waals surface area (Å²) in [6.07, 6.45) is 0.607. The molecule has 3 amide bonds. The van der Waals surface area contributed by atoms with Gasteiger partial charge in [-0.25, -0.2) is 18.6 Å². The highest BCUT2D eigenvalue weighted by molar-refractivity contribution is 7.99. The Morgan fingerprint density at radius 3 is 2.26 bits per heavy atom. The number of amides is 3. The Morgan fingerprint density at radius 1 is 0.864 bits per heavy atom. The number of benzene rings is 5. The van der Waals surface area contributed by atoms with Crippen molar-refractivity contribution in [2.45, 2.75) is 48.1 Å². The number of hydrogen-bond donors (Lipinski definition) is 5. The Hall–Kier alpha value is -6.02. The van der Waals surface area contributed by atoms with E-state index in [0.717, 1.165) is 27.7 Å². The molecule has 66 heavy (non-hydrogen) atoms. The van der Waals surface area contributed by atoms with Crippen molar-refractivity contribution in [2.75, 3.05) is 68.1 Å². The van der Waals surface area contributed by atoms with Crippen LogP contribution in [0.15, 0.2) is 125 Å². The van der Waals surface area contributed by atoms with Crippen molar-refractivity contribution < 1.29 is 32.9 Å². The van der Waals surface area contributed by atoms with Gasteiger partial charge in [-0.3, -0.25) is 34.6 Å². The van der Waals surface area contributed by atoms with Crippen molar-refractivity contribution in [1.82, 2.24) is 20.0 Å². The third-order valence-corrected chi connectivity index (χ3v) is 13.7. The molecule has 0 radical (unpaired) electrons. The monoisotopic (exact) mass is 956 g/mol. The van der Waals surface area contributed by atoms with Crippen LogP contribution in [0, 0.1) is 10.1 Å². The van der Waals surface area contributed by atoms with Gasteiger partial charge in [0.15, 0.2) is 0 Å². The van der Waals surface area contributed by atoms with Crippen LogP contribution in [0.1, 0.15) is 41.6 Å². The normalized spacial score (nSPS) is 13.5. The minimum absolute atomic E-state index is 0.0790.